The van der Waals surface area contributed by atoms with E-state index in [2.05, 4.69) is 31.9 Å². The molecule has 0 aromatic heterocycles. The lowest BCUT2D eigenvalue weighted by Gasteiger charge is -2.30. The molecule has 358 valence electrons. The summed E-state index contributed by atoms with van der Waals surface area (Å²) >= 11 is 0. The Morgan fingerprint density at radius 2 is 0.937 bits per heavy atom. The second-order valence-electron chi connectivity index (χ2n) is 17.6. The lowest BCUT2D eigenvalue weighted by molar-refractivity contribution is -0.143. The van der Waals surface area contributed by atoms with Crippen LogP contribution in [0.3, 0.4) is 0 Å². The monoisotopic (exact) mass is 890 g/mol. The summed E-state index contributed by atoms with van der Waals surface area (Å²) < 4.78 is 0. The number of carbonyl (C=O) groups is 7. The van der Waals surface area contributed by atoms with Crippen LogP contribution < -0.4 is 49.1 Å². The fraction of sp³-hybridized carbons (Fsp3) is 0.711. The van der Waals surface area contributed by atoms with E-state index in [1.165, 1.54) is 12.1 Å². The van der Waals surface area contributed by atoms with Crippen molar-refractivity contribution in [3.8, 4) is 5.75 Å². The number of phenolic OH excluding ortho intramolecular Hbond substituents is 1. The zero-order valence-corrected chi connectivity index (χ0v) is 38.8. The highest BCUT2D eigenvalue weighted by Gasteiger charge is 2.36. The summed E-state index contributed by atoms with van der Waals surface area (Å²) in [5.41, 5.74) is 17.9. The number of nitrogens with two attached hydrogens (primary N) is 3. The number of carboxylic acids is 1. The molecular formula is C45H79N9O9. The Morgan fingerprint density at radius 1 is 0.540 bits per heavy atom. The highest BCUT2D eigenvalue weighted by Crippen LogP contribution is 2.16. The first-order valence-corrected chi connectivity index (χ1v) is 22.7. The molecule has 0 heterocycles. The van der Waals surface area contributed by atoms with Gasteiger partial charge in [0.05, 0.1) is 6.04 Å². The molecular weight excluding hydrogens is 811 g/mol. The highest BCUT2D eigenvalue weighted by molar-refractivity contribution is 5.97. The van der Waals surface area contributed by atoms with E-state index in [9.17, 15) is 43.8 Å². The molecule has 0 aliphatic carbocycles. The predicted octanol–water partition coefficient (Wildman–Crippen LogP) is 1.70. The summed E-state index contributed by atoms with van der Waals surface area (Å²) in [5.74, 6) is -6.02. The van der Waals surface area contributed by atoms with E-state index in [-0.39, 0.29) is 49.2 Å². The van der Waals surface area contributed by atoms with Crippen molar-refractivity contribution in [2.24, 2.45) is 40.9 Å². The fourth-order valence-electron chi connectivity index (χ4n) is 6.86. The third-order valence-corrected chi connectivity index (χ3v) is 11.1. The van der Waals surface area contributed by atoms with Gasteiger partial charge in [-0.15, -0.1) is 0 Å². The first-order chi connectivity index (χ1) is 29.7. The van der Waals surface area contributed by atoms with Gasteiger partial charge in [0.1, 0.15) is 42.0 Å². The van der Waals surface area contributed by atoms with Gasteiger partial charge in [0.25, 0.3) is 0 Å². The van der Waals surface area contributed by atoms with Crippen molar-refractivity contribution in [2.75, 3.05) is 13.1 Å². The lowest BCUT2D eigenvalue weighted by Crippen LogP contribution is -2.61. The molecule has 18 nitrogen and oxygen atoms in total. The zero-order valence-electron chi connectivity index (χ0n) is 38.8. The molecule has 0 fully saturated rings. The molecule has 6 amide bonds. The van der Waals surface area contributed by atoms with Crippen molar-refractivity contribution in [1.29, 1.82) is 0 Å². The van der Waals surface area contributed by atoms with Crippen molar-refractivity contribution < 1.29 is 43.8 Å². The summed E-state index contributed by atoms with van der Waals surface area (Å²) in [6.07, 6.45) is 4.19. The number of hydrogen-bond donors (Lipinski definition) is 11. The standard InChI is InChI=1S/C45H79N9O9/c1-9-28(7)37(53-39(56)32(48)15-11-13-21-46)44(61)52-36(25-30-17-19-31(55)20-18-30)41(58)50-34(23-26(3)4)40(57)51-35(24-27(5)6)42(59)54-38(29(8)10-2)43(60)49-33(45(62)63)16-12-14-22-47/h17-20,26-29,32-38,55H,9-16,21-25,46-48H2,1-8H3,(H,49,60)(H,50,58)(H,51,57)(H,52,61)(H,53,56)(H,54,59)(H,62,63)/t28-,29-,32-,33-,34-,35-,36-,37-,38-/m0/s1. The summed E-state index contributed by atoms with van der Waals surface area (Å²) in [5, 5.41) is 36.2. The van der Waals surface area contributed by atoms with E-state index >= 15 is 0 Å². The second kappa shape index (κ2) is 29.5. The second-order valence-corrected chi connectivity index (χ2v) is 17.6. The summed E-state index contributed by atoms with van der Waals surface area (Å²) in [6, 6.07) is -1.70. The molecule has 1 rings (SSSR count). The van der Waals surface area contributed by atoms with Gasteiger partial charge in [-0.2, -0.15) is 0 Å². The number of amides is 6. The molecule has 0 saturated carbocycles. The number of rotatable bonds is 31. The summed E-state index contributed by atoms with van der Waals surface area (Å²) in [7, 11) is 0. The molecule has 0 aliphatic rings. The molecule has 0 aliphatic heterocycles. The van der Waals surface area contributed by atoms with Gasteiger partial charge < -0.3 is 59.3 Å². The topological polar surface area (TPSA) is 310 Å². The van der Waals surface area contributed by atoms with E-state index in [1.807, 2.05) is 41.5 Å². The first kappa shape index (κ1) is 56.2. The van der Waals surface area contributed by atoms with Gasteiger partial charge in [-0.25, -0.2) is 4.79 Å². The molecule has 18 heteroatoms. The average Bonchev–Trinajstić information content (AvgIpc) is 3.22. The van der Waals surface area contributed by atoms with Crippen LogP contribution in [0.5, 0.6) is 5.75 Å². The van der Waals surface area contributed by atoms with Crippen LogP contribution in [0.2, 0.25) is 0 Å². The predicted molar refractivity (Wildman–Crippen MR) is 243 cm³/mol. The number of aromatic hydroxyl groups is 1. The molecule has 9 atom stereocenters. The normalized spacial score (nSPS) is 15.7. The van der Waals surface area contributed by atoms with Crippen LogP contribution in [0.4, 0.5) is 0 Å². The lowest BCUT2D eigenvalue weighted by atomic mass is 9.95. The number of hydrogen-bond acceptors (Lipinski definition) is 11. The minimum atomic E-state index is -1.25. The third-order valence-electron chi connectivity index (χ3n) is 11.1. The van der Waals surface area contributed by atoms with Crippen LogP contribution in [0.1, 0.15) is 125 Å². The van der Waals surface area contributed by atoms with E-state index < -0.39 is 89.6 Å². The van der Waals surface area contributed by atoms with Gasteiger partial charge in [-0.1, -0.05) is 86.8 Å². The molecule has 0 saturated heterocycles. The quantitative estimate of drug-likeness (QED) is 0.0475. The van der Waals surface area contributed by atoms with Crippen molar-refractivity contribution >= 4 is 41.4 Å². The summed E-state index contributed by atoms with van der Waals surface area (Å²) in [6.45, 7) is 15.5. The zero-order chi connectivity index (χ0) is 47.8. The van der Waals surface area contributed by atoms with Crippen molar-refractivity contribution in [1.82, 2.24) is 31.9 Å². The maximum Gasteiger partial charge on any atom is 0.326 e. The summed E-state index contributed by atoms with van der Waals surface area (Å²) in [4.78, 5) is 95.1. The van der Waals surface area contributed by atoms with Crippen molar-refractivity contribution in [3.05, 3.63) is 29.8 Å². The number of carbonyl (C=O) groups excluding carboxylic acids is 6. The van der Waals surface area contributed by atoms with Crippen LogP contribution in [0, 0.1) is 23.7 Å². The highest BCUT2D eigenvalue weighted by atomic mass is 16.4. The van der Waals surface area contributed by atoms with Crippen LogP contribution in [-0.4, -0.2) is 107 Å². The Balaban J connectivity index is 3.47. The first-order valence-electron chi connectivity index (χ1n) is 22.7. The molecule has 1 aromatic rings. The molecule has 0 spiro atoms. The van der Waals surface area contributed by atoms with Crippen LogP contribution in [-0.2, 0) is 40.0 Å². The smallest absolute Gasteiger partial charge is 0.326 e. The van der Waals surface area contributed by atoms with E-state index in [0.717, 1.165) is 0 Å². The number of unbranched alkanes of at least 4 members (excludes halogenated alkanes) is 2. The van der Waals surface area contributed by atoms with E-state index in [0.29, 0.717) is 63.6 Å². The molecule has 0 unspecified atom stereocenters. The Morgan fingerprint density at radius 3 is 1.37 bits per heavy atom. The Hall–Kier alpha value is -4.81. The van der Waals surface area contributed by atoms with Gasteiger partial charge in [0.2, 0.25) is 35.4 Å². The Kier molecular flexibility index (Phi) is 26.4. The number of nitrogens with one attached hydrogen (secondary N) is 6. The van der Waals surface area contributed by atoms with E-state index in [1.54, 1.807) is 26.0 Å². The molecule has 14 N–H and O–H groups in total. The molecule has 1 aromatic carbocycles. The minimum Gasteiger partial charge on any atom is -0.508 e. The van der Waals surface area contributed by atoms with Gasteiger partial charge in [-0.3, -0.25) is 28.8 Å². The third kappa shape index (κ3) is 20.9. The van der Waals surface area contributed by atoms with Gasteiger partial charge in [0.15, 0.2) is 0 Å². The molecule has 0 radical (unpaired) electrons. The Labute approximate surface area is 374 Å². The van der Waals surface area contributed by atoms with Gasteiger partial charge in [0, 0.05) is 6.42 Å². The van der Waals surface area contributed by atoms with Crippen LogP contribution in [0.25, 0.3) is 0 Å². The number of carboxylic acid groups (broad SMARTS) is 1. The van der Waals surface area contributed by atoms with Crippen molar-refractivity contribution in [3.63, 3.8) is 0 Å². The van der Waals surface area contributed by atoms with E-state index in [4.69, 9.17) is 17.2 Å². The van der Waals surface area contributed by atoms with Crippen LogP contribution in [0.15, 0.2) is 24.3 Å². The van der Waals surface area contributed by atoms with Gasteiger partial charge in [-0.05, 0) is 99.4 Å². The van der Waals surface area contributed by atoms with Crippen molar-refractivity contribution in [2.45, 2.75) is 168 Å². The fourth-order valence-corrected chi connectivity index (χ4v) is 6.86. The van der Waals surface area contributed by atoms with Gasteiger partial charge >= 0.3 is 5.97 Å². The minimum absolute atomic E-state index is 0.00123. The Bertz CT molecular complexity index is 1590. The van der Waals surface area contributed by atoms with Crippen LogP contribution >= 0.6 is 0 Å². The number of benzene rings is 1. The maximum absolute atomic E-state index is 14.3. The number of aliphatic carboxylic acids is 1. The maximum atomic E-state index is 14.3. The molecule has 63 heavy (non-hydrogen) atoms. The largest absolute Gasteiger partial charge is 0.508 e. The number of phenols is 1. The average molecular weight is 890 g/mol. The molecule has 0 bridgehead atoms. The SMILES string of the molecule is CC[C@H](C)[C@H](NC(=O)[C@H](CC(C)C)NC(=O)[C@H](CC(C)C)NC(=O)[C@H](Cc1ccc(O)cc1)NC(=O)[C@@H](NC(=O)[C@@H](N)CCCCN)[C@@H](C)CC)C(=O)N[C@@H](CCCCN)C(=O)O.